The summed E-state index contributed by atoms with van der Waals surface area (Å²) in [5.74, 6) is 0.964. The van der Waals surface area contributed by atoms with Crippen LogP contribution in [0.5, 0.6) is 0 Å². The number of rotatable bonds is 6. The van der Waals surface area contributed by atoms with E-state index >= 15 is 0 Å². The van der Waals surface area contributed by atoms with Gasteiger partial charge in [-0.25, -0.2) is 4.99 Å². The van der Waals surface area contributed by atoms with E-state index in [9.17, 15) is 18.3 Å². The molecule has 0 fully saturated rings. The third-order valence-corrected chi connectivity index (χ3v) is 4.78. The van der Waals surface area contributed by atoms with Gasteiger partial charge in [-0.15, -0.1) is 0 Å². The van der Waals surface area contributed by atoms with Crippen molar-refractivity contribution in [2.75, 3.05) is 30.0 Å². The molecule has 11 heteroatoms. The first kappa shape index (κ1) is 19.4. The van der Waals surface area contributed by atoms with E-state index in [1.54, 1.807) is 11.1 Å². The summed E-state index contributed by atoms with van der Waals surface area (Å²) in [5.41, 5.74) is 1.23. The molecule has 0 aliphatic carbocycles. The summed E-state index contributed by atoms with van der Waals surface area (Å²) in [5, 5.41) is 32.4. The molecule has 1 aromatic rings. The molecular weight excluding hydrogens is 389 g/mol. The molecule has 3 aliphatic heterocycles. The first-order chi connectivity index (χ1) is 13.9. The molecule has 3 heterocycles. The van der Waals surface area contributed by atoms with Gasteiger partial charge in [-0.2, -0.15) is 23.4 Å². The largest absolute Gasteiger partial charge is 0.416 e. The van der Waals surface area contributed by atoms with E-state index in [-0.39, 0.29) is 18.9 Å². The summed E-state index contributed by atoms with van der Waals surface area (Å²) in [6.45, 7) is 0.197. The van der Waals surface area contributed by atoms with E-state index in [4.69, 9.17) is 5.11 Å². The van der Waals surface area contributed by atoms with Gasteiger partial charge in [0, 0.05) is 25.8 Å². The molecule has 29 heavy (non-hydrogen) atoms. The van der Waals surface area contributed by atoms with Crippen molar-refractivity contribution in [3.63, 3.8) is 0 Å². The Bertz CT molecular complexity index is 938. The van der Waals surface area contributed by atoms with Gasteiger partial charge in [-0.05, 0) is 24.6 Å². The fourth-order valence-electron chi connectivity index (χ4n) is 3.38. The Morgan fingerprint density at radius 1 is 1.24 bits per heavy atom. The fraction of sp³-hybridized carbons (Fsp3) is 0.389. The molecule has 154 valence electrons. The van der Waals surface area contributed by atoms with Gasteiger partial charge < -0.3 is 25.7 Å². The van der Waals surface area contributed by atoms with Gasteiger partial charge in [0.2, 0.25) is 0 Å². The number of hydrogen-bond donors (Lipinski definition) is 4. The van der Waals surface area contributed by atoms with Crippen molar-refractivity contribution in [3.8, 4) is 0 Å². The standard InChI is InChI=1S/C18H19F3N6O2/c19-18(20,21)10-2-3-14-12(6-10)24-16(22-4-1-5-28)17-23-8-15(27(14)17)13-7-11(9-29)25-26-13/h2-3,6,8,15,22,24,28-29H,1,4-5,7,9H2. The lowest BCUT2D eigenvalue weighted by atomic mass is 10.0. The lowest BCUT2D eigenvalue weighted by molar-refractivity contribution is -0.137. The molecule has 1 atom stereocenters. The van der Waals surface area contributed by atoms with Crippen molar-refractivity contribution < 1.29 is 23.4 Å². The minimum atomic E-state index is -4.47. The van der Waals surface area contributed by atoms with Crippen LogP contribution in [-0.4, -0.2) is 53.7 Å². The zero-order valence-electron chi connectivity index (χ0n) is 15.2. The highest BCUT2D eigenvalue weighted by atomic mass is 19.4. The first-order valence-corrected chi connectivity index (χ1v) is 9.06. The first-order valence-electron chi connectivity index (χ1n) is 9.06. The second-order valence-corrected chi connectivity index (χ2v) is 6.74. The normalized spacial score (nSPS) is 20.3. The summed E-state index contributed by atoms with van der Waals surface area (Å²) in [7, 11) is 0. The highest BCUT2D eigenvalue weighted by Crippen LogP contribution is 2.42. The number of nitrogens with zero attached hydrogens (tertiary/aromatic N) is 4. The Balaban J connectivity index is 1.71. The third-order valence-electron chi connectivity index (χ3n) is 4.78. The van der Waals surface area contributed by atoms with E-state index in [0.717, 1.165) is 12.1 Å². The Morgan fingerprint density at radius 3 is 2.76 bits per heavy atom. The number of anilines is 2. The van der Waals surface area contributed by atoms with Crippen molar-refractivity contribution in [1.82, 2.24) is 5.32 Å². The molecule has 0 aromatic heterocycles. The summed E-state index contributed by atoms with van der Waals surface area (Å²) < 4.78 is 39.6. The number of hydrogen-bond acceptors (Lipinski definition) is 8. The maximum atomic E-state index is 13.2. The molecule has 8 nitrogen and oxygen atoms in total. The minimum Gasteiger partial charge on any atom is -0.396 e. The average molecular weight is 408 g/mol. The van der Waals surface area contributed by atoms with Crippen molar-refractivity contribution in [1.29, 1.82) is 0 Å². The molecule has 4 N–H and O–H groups in total. The number of aliphatic imine (C=N–C) groups is 1. The topological polar surface area (TPSA) is 105 Å². The van der Waals surface area contributed by atoms with Crippen LogP contribution < -0.4 is 15.5 Å². The molecule has 0 saturated heterocycles. The number of aliphatic hydroxyl groups is 2. The Hall–Kier alpha value is -2.92. The molecule has 3 aliphatic rings. The van der Waals surface area contributed by atoms with Crippen LogP contribution in [0.4, 0.5) is 24.5 Å². The molecule has 0 radical (unpaired) electrons. The summed E-state index contributed by atoms with van der Waals surface area (Å²) in [6.07, 6.45) is -1.97. The van der Waals surface area contributed by atoms with Gasteiger partial charge in [0.15, 0.2) is 5.82 Å². The third kappa shape index (κ3) is 3.58. The molecule has 0 saturated carbocycles. The zero-order valence-corrected chi connectivity index (χ0v) is 15.2. The number of aliphatic hydroxyl groups excluding tert-OH is 2. The van der Waals surface area contributed by atoms with Crippen molar-refractivity contribution in [2.45, 2.75) is 25.1 Å². The summed E-state index contributed by atoms with van der Waals surface area (Å²) in [4.78, 5) is 6.23. The van der Waals surface area contributed by atoms with E-state index in [0.29, 0.717) is 48.1 Å². The predicted molar refractivity (Wildman–Crippen MR) is 103 cm³/mol. The number of alkyl halides is 3. The summed E-state index contributed by atoms with van der Waals surface area (Å²) in [6, 6.07) is 3.07. The lowest BCUT2D eigenvalue weighted by Gasteiger charge is -2.34. The molecule has 0 spiro atoms. The second kappa shape index (κ2) is 7.48. The van der Waals surface area contributed by atoms with Crippen molar-refractivity contribution in [2.24, 2.45) is 15.2 Å². The van der Waals surface area contributed by atoms with Crippen LogP contribution >= 0.6 is 0 Å². The number of nitrogens with one attached hydrogen (secondary N) is 2. The van der Waals surface area contributed by atoms with E-state index in [2.05, 4.69) is 25.8 Å². The van der Waals surface area contributed by atoms with E-state index in [1.807, 2.05) is 0 Å². The van der Waals surface area contributed by atoms with Gasteiger partial charge >= 0.3 is 6.18 Å². The Labute approximate surface area is 164 Å². The van der Waals surface area contributed by atoms with Crippen LogP contribution in [0.2, 0.25) is 0 Å². The zero-order chi connectivity index (χ0) is 20.6. The van der Waals surface area contributed by atoms with Gasteiger partial charge in [-0.1, -0.05) is 0 Å². The quantitative estimate of drug-likeness (QED) is 0.536. The van der Waals surface area contributed by atoms with Gasteiger partial charge in [0.05, 0.1) is 35.0 Å². The number of fused-ring (bicyclic) bond motifs is 3. The van der Waals surface area contributed by atoms with Gasteiger partial charge in [0.1, 0.15) is 11.9 Å². The van der Waals surface area contributed by atoms with Crippen LogP contribution in [-0.2, 0) is 6.18 Å². The van der Waals surface area contributed by atoms with E-state index in [1.165, 1.54) is 6.07 Å². The average Bonchev–Trinajstić information content (AvgIpc) is 3.34. The van der Waals surface area contributed by atoms with Crippen LogP contribution in [0.25, 0.3) is 0 Å². The maximum Gasteiger partial charge on any atom is 0.416 e. The molecule has 0 bridgehead atoms. The van der Waals surface area contributed by atoms with Crippen LogP contribution in [0.15, 0.2) is 45.0 Å². The molecule has 1 unspecified atom stereocenters. The molecule has 0 amide bonds. The monoisotopic (exact) mass is 408 g/mol. The Morgan fingerprint density at radius 2 is 2.07 bits per heavy atom. The van der Waals surface area contributed by atoms with Gasteiger partial charge in [-0.3, -0.25) is 0 Å². The van der Waals surface area contributed by atoms with Crippen LogP contribution in [0, 0.1) is 0 Å². The smallest absolute Gasteiger partial charge is 0.396 e. The maximum absolute atomic E-state index is 13.2. The second-order valence-electron chi connectivity index (χ2n) is 6.74. The molecule has 1 aromatic carbocycles. The lowest BCUT2D eigenvalue weighted by Crippen LogP contribution is -2.42. The number of halogens is 3. The fourth-order valence-corrected chi connectivity index (χ4v) is 3.38. The van der Waals surface area contributed by atoms with E-state index < -0.39 is 17.8 Å². The molecular formula is C18H19F3N6O2. The SMILES string of the molecule is OCCCNC1=C2N=CC(C3=NN=C(CO)C3)N2c2ccc(C(F)(F)F)cc2N1. The minimum absolute atomic E-state index is 0.0158. The van der Waals surface area contributed by atoms with Crippen LogP contribution in [0.3, 0.4) is 0 Å². The predicted octanol–water partition coefficient (Wildman–Crippen LogP) is 1.68. The van der Waals surface area contributed by atoms with Crippen LogP contribution in [0.1, 0.15) is 18.4 Å². The highest BCUT2D eigenvalue weighted by Gasteiger charge is 2.39. The molecule has 4 rings (SSSR count). The highest BCUT2D eigenvalue weighted by molar-refractivity contribution is 6.18. The Kier molecular flexibility index (Phi) is 5.01. The van der Waals surface area contributed by atoms with Gasteiger partial charge in [0.25, 0.3) is 0 Å². The van der Waals surface area contributed by atoms with Crippen molar-refractivity contribution >= 4 is 29.0 Å². The van der Waals surface area contributed by atoms with Crippen molar-refractivity contribution in [3.05, 3.63) is 35.4 Å². The number of benzene rings is 1. The summed E-state index contributed by atoms with van der Waals surface area (Å²) >= 11 is 0.